The van der Waals surface area contributed by atoms with Gasteiger partial charge in [-0.3, -0.25) is 9.89 Å². The lowest BCUT2D eigenvalue weighted by molar-refractivity contribution is 0.172. The fraction of sp³-hybridized carbons (Fsp3) is 0.524. The second-order valence-electron chi connectivity index (χ2n) is 7.28. The predicted molar refractivity (Wildman–Crippen MR) is 109 cm³/mol. The van der Waals surface area contributed by atoms with Crippen LogP contribution in [0.15, 0.2) is 33.8 Å². The number of hydrogen-bond acceptors (Lipinski definition) is 4. The van der Waals surface area contributed by atoms with Gasteiger partial charge in [-0.2, -0.15) is 0 Å². The van der Waals surface area contributed by atoms with Crippen LogP contribution in [0.1, 0.15) is 28.1 Å². The van der Waals surface area contributed by atoms with Gasteiger partial charge in [0.25, 0.3) is 0 Å². The highest BCUT2D eigenvalue weighted by atomic mass is 16.5. The third-order valence-electron chi connectivity index (χ3n) is 5.21. The van der Waals surface area contributed by atoms with E-state index >= 15 is 0 Å². The molecule has 6 nitrogen and oxygen atoms in total. The van der Waals surface area contributed by atoms with Crippen molar-refractivity contribution >= 4 is 5.96 Å². The molecule has 1 saturated heterocycles. The summed E-state index contributed by atoms with van der Waals surface area (Å²) in [5, 5.41) is 7.51. The van der Waals surface area contributed by atoms with Crippen LogP contribution in [0.5, 0.6) is 0 Å². The first-order valence-corrected chi connectivity index (χ1v) is 9.72. The molecule has 1 fully saturated rings. The molecule has 0 spiro atoms. The standard InChI is InChI=1S/C21H31N5O/c1-16-6-5-7-19(14-16)15-25-10-12-26(13-11-25)21(22-4)23-9-8-20-17(2)24-27-18(20)3/h5-7,14H,8-13,15H2,1-4H3,(H,22,23). The van der Waals surface area contributed by atoms with Crippen molar-refractivity contribution in [3.05, 3.63) is 52.4 Å². The quantitative estimate of drug-likeness (QED) is 0.648. The number of aromatic nitrogens is 1. The first kappa shape index (κ1) is 19.4. The van der Waals surface area contributed by atoms with Crippen LogP contribution >= 0.6 is 0 Å². The Balaban J connectivity index is 1.46. The number of benzene rings is 1. The van der Waals surface area contributed by atoms with Gasteiger partial charge in [0.05, 0.1) is 5.69 Å². The largest absolute Gasteiger partial charge is 0.361 e. The molecule has 0 unspecified atom stereocenters. The van der Waals surface area contributed by atoms with Crippen LogP contribution in [0.25, 0.3) is 0 Å². The summed E-state index contributed by atoms with van der Waals surface area (Å²) in [6, 6.07) is 8.79. The van der Waals surface area contributed by atoms with Crippen LogP contribution in [0.3, 0.4) is 0 Å². The topological polar surface area (TPSA) is 56.9 Å². The fourth-order valence-corrected chi connectivity index (χ4v) is 3.68. The van der Waals surface area contributed by atoms with Crippen molar-refractivity contribution in [3.63, 3.8) is 0 Å². The molecule has 0 radical (unpaired) electrons. The van der Waals surface area contributed by atoms with Crippen molar-refractivity contribution in [3.8, 4) is 0 Å². The van der Waals surface area contributed by atoms with Gasteiger partial charge in [-0.05, 0) is 32.8 Å². The molecule has 1 aromatic carbocycles. The minimum Gasteiger partial charge on any atom is -0.361 e. The molecule has 1 aromatic heterocycles. The lowest BCUT2D eigenvalue weighted by Gasteiger charge is -2.36. The van der Waals surface area contributed by atoms with E-state index in [9.17, 15) is 0 Å². The van der Waals surface area contributed by atoms with Crippen molar-refractivity contribution in [2.24, 2.45) is 4.99 Å². The van der Waals surface area contributed by atoms with E-state index in [2.05, 4.69) is 56.5 Å². The Morgan fingerprint density at radius 1 is 1.19 bits per heavy atom. The predicted octanol–water partition coefficient (Wildman–Crippen LogP) is 2.54. The van der Waals surface area contributed by atoms with Crippen molar-refractivity contribution in [1.29, 1.82) is 0 Å². The maximum atomic E-state index is 5.24. The number of nitrogens with zero attached hydrogens (tertiary/aromatic N) is 4. The molecule has 1 aliphatic heterocycles. The first-order valence-electron chi connectivity index (χ1n) is 9.72. The van der Waals surface area contributed by atoms with Crippen LogP contribution in [0.4, 0.5) is 0 Å². The van der Waals surface area contributed by atoms with Crippen molar-refractivity contribution in [2.75, 3.05) is 39.8 Å². The molecular formula is C21H31N5O. The third-order valence-corrected chi connectivity index (χ3v) is 5.21. The normalized spacial score (nSPS) is 16.0. The van der Waals surface area contributed by atoms with Crippen molar-refractivity contribution in [1.82, 2.24) is 20.3 Å². The zero-order chi connectivity index (χ0) is 19.2. The Hall–Kier alpha value is -2.34. The number of piperazine rings is 1. The average molecular weight is 370 g/mol. The Bertz CT molecular complexity index is 755. The number of aliphatic imine (C=N–C) groups is 1. The zero-order valence-corrected chi connectivity index (χ0v) is 17.0. The summed E-state index contributed by atoms with van der Waals surface area (Å²) >= 11 is 0. The summed E-state index contributed by atoms with van der Waals surface area (Å²) in [5.74, 6) is 1.89. The molecule has 0 bridgehead atoms. The molecule has 146 valence electrons. The van der Waals surface area contributed by atoms with Gasteiger partial charge in [0, 0.05) is 51.9 Å². The van der Waals surface area contributed by atoms with E-state index in [4.69, 9.17) is 4.52 Å². The van der Waals surface area contributed by atoms with Crippen LogP contribution in [0.2, 0.25) is 0 Å². The molecule has 0 aliphatic carbocycles. The molecule has 1 aliphatic rings. The number of guanidine groups is 1. The van der Waals surface area contributed by atoms with Crippen LogP contribution in [0, 0.1) is 20.8 Å². The van der Waals surface area contributed by atoms with Gasteiger partial charge in [-0.1, -0.05) is 35.0 Å². The van der Waals surface area contributed by atoms with E-state index in [1.165, 1.54) is 16.7 Å². The van der Waals surface area contributed by atoms with E-state index in [1.54, 1.807) is 0 Å². The van der Waals surface area contributed by atoms with Crippen LogP contribution in [-0.4, -0.2) is 60.7 Å². The van der Waals surface area contributed by atoms with Gasteiger partial charge in [0.2, 0.25) is 0 Å². The van der Waals surface area contributed by atoms with Gasteiger partial charge < -0.3 is 14.7 Å². The van der Waals surface area contributed by atoms with Gasteiger partial charge >= 0.3 is 0 Å². The summed E-state index contributed by atoms with van der Waals surface area (Å²) in [7, 11) is 1.86. The minimum absolute atomic E-state index is 0.832. The van der Waals surface area contributed by atoms with Gasteiger partial charge in [0.15, 0.2) is 5.96 Å². The highest BCUT2D eigenvalue weighted by Gasteiger charge is 2.19. The third kappa shape index (κ3) is 5.10. The van der Waals surface area contributed by atoms with Gasteiger partial charge in [-0.15, -0.1) is 0 Å². The summed E-state index contributed by atoms with van der Waals surface area (Å²) in [6.07, 6.45) is 0.896. The lowest BCUT2D eigenvalue weighted by Crippen LogP contribution is -2.52. The molecule has 27 heavy (non-hydrogen) atoms. The summed E-state index contributed by atoms with van der Waals surface area (Å²) < 4.78 is 5.24. The summed E-state index contributed by atoms with van der Waals surface area (Å²) in [6.45, 7) is 12.1. The highest BCUT2D eigenvalue weighted by molar-refractivity contribution is 5.80. The smallest absolute Gasteiger partial charge is 0.193 e. The number of hydrogen-bond donors (Lipinski definition) is 1. The van der Waals surface area contributed by atoms with Crippen LogP contribution < -0.4 is 5.32 Å². The molecule has 0 saturated carbocycles. The fourth-order valence-electron chi connectivity index (χ4n) is 3.68. The maximum absolute atomic E-state index is 5.24. The molecular weight excluding hydrogens is 338 g/mol. The Morgan fingerprint density at radius 3 is 2.59 bits per heavy atom. The van der Waals surface area contributed by atoms with E-state index in [0.717, 1.165) is 63.1 Å². The molecule has 6 heteroatoms. The average Bonchev–Trinajstić information content (AvgIpc) is 2.98. The van der Waals surface area contributed by atoms with E-state index < -0.39 is 0 Å². The van der Waals surface area contributed by atoms with Gasteiger partial charge in [-0.25, -0.2) is 0 Å². The van der Waals surface area contributed by atoms with Crippen molar-refractivity contribution < 1.29 is 4.52 Å². The molecule has 3 rings (SSSR count). The molecule has 2 heterocycles. The Kier molecular flexibility index (Phi) is 6.50. The molecule has 0 atom stereocenters. The second-order valence-corrected chi connectivity index (χ2v) is 7.28. The van der Waals surface area contributed by atoms with E-state index in [1.807, 2.05) is 20.9 Å². The maximum Gasteiger partial charge on any atom is 0.193 e. The lowest BCUT2D eigenvalue weighted by atomic mass is 10.1. The number of rotatable bonds is 5. The number of aryl methyl sites for hydroxylation is 3. The van der Waals surface area contributed by atoms with E-state index in [-0.39, 0.29) is 0 Å². The number of nitrogens with one attached hydrogen (secondary N) is 1. The monoisotopic (exact) mass is 369 g/mol. The Labute approximate surface area is 162 Å². The summed E-state index contributed by atoms with van der Waals surface area (Å²) in [5.41, 5.74) is 4.90. The van der Waals surface area contributed by atoms with Gasteiger partial charge in [0.1, 0.15) is 5.76 Å². The van der Waals surface area contributed by atoms with E-state index in [0.29, 0.717) is 0 Å². The minimum atomic E-state index is 0.832. The van der Waals surface area contributed by atoms with Crippen LogP contribution in [-0.2, 0) is 13.0 Å². The first-order chi connectivity index (χ1) is 13.1. The summed E-state index contributed by atoms with van der Waals surface area (Å²) in [4.78, 5) is 9.33. The molecule has 2 aromatic rings. The SMILES string of the molecule is CN=C(NCCc1c(C)noc1C)N1CCN(Cc2cccc(C)c2)CC1. The van der Waals surface area contributed by atoms with Crippen molar-refractivity contribution in [2.45, 2.75) is 33.7 Å². The second kappa shape index (κ2) is 9.04. The molecule has 1 N–H and O–H groups in total. The molecule has 0 amide bonds. The highest BCUT2D eigenvalue weighted by Crippen LogP contribution is 2.13. The zero-order valence-electron chi connectivity index (χ0n) is 17.0. The Morgan fingerprint density at radius 2 is 1.96 bits per heavy atom.